The van der Waals surface area contributed by atoms with Crippen LogP contribution in [0.3, 0.4) is 0 Å². The summed E-state index contributed by atoms with van der Waals surface area (Å²) in [5.41, 5.74) is 3.05. The number of hydrogen-bond acceptors (Lipinski definition) is 2. The Balaban J connectivity index is 2.79. The molecule has 1 radical (unpaired) electrons. The molecule has 55 valence electrons. The fourth-order valence-electron chi connectivity index (χ4n) is 1.13. The van der Waals surface area contributed by atoms with Gasteiger partial charge in [0.05, 0.1) is 5.52 Å². The molecule has 0 amide bonds. The van der Waals surface area contributed by atoms with Crippen LogP contribution in [0.25, 0.3) is 11.0 Å². The van der Waals surface area contributed by atoms with E-state index in [4.69, 9.17) is 0 Å². The highest BCUT2D eigenvalue weighted by Crippen LogP contribution is 2.14. The average molecular weight is 146 g/mol. The first-order chi connectivity index (χ1) is 5.42. The molecule has 1 heterocycles. The molecule has 0 aliphatic heterocycles. The van der Waals surface area contributed by atoms with Crippen molar-refractivity contribution in [1.29, 1.82) is 0 Å². The molecule has 3 heteroatoms. The number of rotatable bonds is 1. The van der Waals surface area contributed by atoms with Gasteiger partial charge in [0.2, 0.25) is 0 Å². The lowest BCUT2D eigenvalue weighted by molar-refractivity contribution is 0.958. The molecular formula is C8H8N3. The van der Waals surface area contributed by atoms with E-state index in [0.29, 0.717) is 0 Å². The van der Waals surface area contributed by atoms with Crippen molar-refractivity contribution in [2.45, 2.75) is 6.92 Å². The number of fused-ring (bicyclic) bond motifs is 1. The van der Waals surface area contributed by atoms with Crippen molar-refractivity contribution in [3.05, 3.63) is 30.2 Å². The third-order valence-electron chi connectivity index (χ3n) is 1.70. The summed E-state index contributed by atoms with van der Waals surface area (Å²) in [6, 6.07) is 5.96. The fourth-order valence-corrected chi connectivity index (χ4v) is 1.13. The number of benzene rings is 1. The second-order valence-electron chi connectivity index (χ2n) is 2.34. The van der Waals surface area contributed by atoms with Gasteiger partial charge in [0.15, 0.2) is 0 Å². The van der Waals surface area contributed by atoms with Crippen LogP contribution in [-0.4, -0.2) is 15.4 Å². The molecule has 0 saturated heterocycles. The summed E-state index contributed by atoms with van der Waals surface area (Å²) < 4.78 is 0. The minimum Gasteiger partial charge on any atom is -0.258 e. The molecule has 0 aliphatic rings. The predicted molar refractivity (Wildman–Crippen MR) is 43.0 cm³/mol. The van der Waals surface area contributed by atoms with E-state index in [1.54, 1.807) is 0 Å². The second kappa shape index (κ2) is 2.34. The Hall–Kier alpha value is -1.38. The van der Waals surface area contributed by atoms with Crippen LogP contribution in [0.1, 0.15) is 12.5 Å². The number of aromatic nitrogens is 3. The molecule has 0 saturated carbocycles. The average Bonchev–Trinajstić information content (AvgIpc) is 2.50. The summed E-state index contributed by atoms with van der Waals surface area (Å²) in [5, 5.41) is 10.5. The number of aromatic amines is 1. The molecule has 11 heavy (non-hydrogen) atoms. The normalized spacial score (nSPS) is 10.6. The zero-order chi connectivity index (χ0) is 7.68. The Morgan fingerprint density at radius 1 is 1.45 bits per heavy atom. The van der Waals surface area contributed by atoms with Gasteiger partial charge in [-0.05, 0) is 18.1 Å². The van der Waals surface area contributed by atoms with Gasteiger partial charge in [-0.2, -0.15) is 0 Å². The van der Waals surface area contributed by atoms with Crippen LogP contribution in [0, 0.1) is 6.42 Å². The maximum absolute atomic E-state index is 3.95. The molecule has 0 fully saturated rings. The predicted octanol–water partition coefficient (Wildman–Crippen LogP) is 1.53. The Labute approximate surface area is 64.4 Å². The van der Waals surface area contributed by atoms with E-state index in [0.717, 1.165) is 16.6 Å². The van der Waals surface area contributed by atoms with E-state index in [9.17, 15) is 0 Å². The van der Waals surface area contributed by atoms with Crippen molar-refractivity contribution >= 4 is 11.0 Å². The van der Waals surface area contributed by atoms with Crippen LogP contribution in [0.5, 0.6) is 0 Å². The van der Waals surface area contributed by atoms with Crippen molar-refractivity contribution in [3.8, 4) is 0 Å². The summed E-state index contributed by atoms with van der Waals surface area (Å²) in [4.78, 5) is 0. The number of nitrogens with zero attached hydrogens (tertiary/aromatic N) is 2. The molecule has 0 spiro atoms. The number of nitrogens with one attached hydrogen (secondary N) is 1. The highest BCUT2D eigenvalue weighted by atomic mass is 15.3. The lowest BCUT2D eigenvalue weighted by Gasteiger charge is -1.93. The Morgan fingerprint density at radius 2 is 2.36 bits per heavy atom. The van der Waals surface area contributed by atoms with Crippen LogP contribution in [0.15, 0.2) is 18.2 Å². The monoisotopic (exact) mass is 146 g/mol. The maximum atomic E-state index is 3.95. The van der Waals surface area contributed by atoms with Crippen molar-refractivity contribution in [2.24, 2.45) is 0 Å². The van der Waals surface area contributed by atoms with Gasteiger partial charge in [0, 0.05) is 0 Å². The molecule has 1 N–H and O–H groups in total. The Morgan fingerprint density at radius 3 is 3.18 bits per heavy atom. The molecule has 1 aromatic carbocycles. The van der Waals surface area contributed by atoms with E-state index < -0.39 is 0 Å². The Bertz CT molecular complexity index is 364. The van der Waals surface area contributed by atoms with E-state index in [2.05, 4.69) is 15.4 Å². The molecule has 1 aromatic heterocycles. The second-order valence-corrected chi connectivity index (χ2v) is 2.34. The first-order valence-electron chi connectivity index (χ1n) is 3.51. The maximum Gasteiger partial charge on any atom is 0.116 e. The van der Waals surface area contributed by atoms with Crippen LogP contribution in [0.4, 0.5) is 0 Å². The summed E-state index contributed by atoms with van der Waals surface area (Å²) in [6.07, 6.45) is 2.02. The summed E-state index contributed by atoms with van der Waals surface area (Å²) >= 11 is 0. The largest absolute Gasteiger partial charge is 0.258 e. The molecule has 0 atom stereocenters. The third kappa shape index (κ3) is 0.888. The highest BCUT2D eigenvalue weighted by Gasteiger charge is 2.00. The molecule has 2 rings (SSSR count). The SMILES string of the molecule is C[CH]c1cccc2[nH]nnc12. The Kier molecular flexibility index (Phi) is 1.35. The molecule has 3 nitrogen and oxygen atoms in total. The number of H-pyrrole nitrogens is 1. The molecule has 0 unspecified atom stereocenters. The van der Waals surface area contributed by atoms with E-state index in [1.165, 1.54) is 0 Å². The molecular weight excluding hydrogens is 138 g/mol. The van der Waals surface area contributed by atoms with E-state index >= 15 is 0 Å². The van der Waals surface area contributed by atoms with Gasteiger partial charge < -0.3 is 0 Å². The molecule has 2 aromatic rings. The van der Waals surface area contributed by atoms with E-state index in [1.807, 2.05) is 31.5 Å². The van der Waals surface area contributed by atoms with Gasteiger partial charge >= 0.3 is 0 Å². The van der Waals surface area contributed by atoms with Crippen molar-refractivity contribution in [3.63, 3.8) is 0 Å². The first kappa shape index (κ1) is 6.34. The van der Waals surface area contributed by atoms with Crippen LogP contribution in [0.2, 0.25) is 0 Å². The zero-order valence-electron chi connectivity index (χ0n) is 6.20. The van der Waals surface area contributed by atoms with Crippen molar-refractivity contribution in [2.75, 3.05) is 0 Å². The summed E-state index contributed by atoms with van der Waals surface area (Å²) in [5.74, 6) is 0. The summed E-state index contributed by atoms with van der Waals surface area (Å²) in [7, 11) is 0. The van der Waals surface area contributed by atoms with Gasteiger partial charge in [-0.15, -0.1) is 5.10 Å². The quantitative estimate of drug-likeness (QED) is 0.662. The van der Waals surface area contributed by atoms with Crippen molar-refractivity contribution < 1.29 is 0 Å². The molecule has 0 bridgehead atoms. The van der Waals surface area contributed by atoms with Gasteiger partial charge in [0.25, 0.3) is 0 Å². The topological polar surface area (TPSA) is 41.6 Å². The highest BCUT2D eigenvalue weighted by molar-refractivity contribution is 5.78. The third-order valence-corrected chi connectivity index (χ3v) is 1.70. The lowest BCUT2D eigenvalue weighted by Crippen LogP contribution is -1.79. The van der Waals surface area contributed by atoms with Crippen LogP contribution < -0.4 is 0 Å². The summed E-state index contributed by atoms with van der Waals surface area (Å²) in [6.45, 7) is 1.99. The minimum atomic E-state index is 0.940. The van der Waals surface area contributed by atoms with E-state index in [-0.39, 0.29) is 0 Å². The van der Waals surface area contributed by atoms with Gasteiger partial charge in [-0.1, -0.05) is 24.3 Å². The minimum absolute atomic E-state index is 0.940. The van der Waals surface area contributed by atoms with Gasteiger partial charge in [0.1, 0.15) is 5.52 Å². The van der Waals surface area contributed by atoms with Gasteiger partial charge in [-0.25, -0.2) is 0 Å². The van der Waals surface area contributed by atoms with Crippen LogP contribution >= 0.6 is 0 Å². The fraction of sp³-hybridized carbons (Fsp3) is 0.125. The zero-order valence-corrected chi connectivity index (χ0v) is 6.20. The van der Waals surface area contributed by atoms with Gasteiger partial charge in [-0.3, -0.25) is 5.10 Å². The lowest BCUT2D eigenvalue weighted by atomic mass is 10.1. The van der Waals surface area contributed by atoms with Crippen molar-refractivity contribution in [1.82, 2.24) is 15.4 Å². The first-order valence-corrected chi connectivity index (χ1v) is 3.51. The van der Waals surface area contributed by atoms with Crippen LogP contribution in [-0.2, 0) is 0 Å². The number of hydrogen-bond donors (Lipinski definition) is 1. The standard InChI is InChI=1S/C8H8N3/c1-2-6-4-3-5-7-8(6)10-11-9-7/h2-5H,1H3,(H,9,10,11). The smallest absolute Gasteiger partial charge is 0.116 e. The molecule has 0 aliphatic carbocycles.